The number of carbonyl (C=O) groups excluding carboxylic acids is 1. The van der Waals surface area contributed by atoms with Crippen LogP contribution in [-0.4, -0.2) is 42.4 Å². The van der Waals surface area contributed by atoms with Crippen molar-refractivity contribution in [2.24, 2.45) is 5.92 Å². The number of nitrogens with zero attached hydrogens (tertiary/aromatic N) is 2. The fourth-order valence-electron chi connectivity index (χ4n) is 3.68. The maximum absolute atomic E-state index is 11.6. The molecule has 0 aliphatic carbocycles. The summed E-state index contributed by atoms with van der Waals surface area (Å²) in [5.74, 6) is 1.61. The number of anilines is 1. The Morgan fingerprint density at radius 1 is 1.48 bits per heavy atom. The maximum Gasteiger partial charge on any atom is 0.237 e. The van der Waals surface area contributed by atoms with Gasteiger partial charge in [-0.1, -0.05) is 24.2 Å². The highest BCUT2D eigenvalue weighted by molar-refractivity contribution is 5.91. The number of amides is 1. The lowest BCUT2D eigenvalue weighted by molar-refractivity contribution is -0.115. The number of aromatic nitrogens is 2. The van der Waals surface area contributed by atoms with Gasteiger partial charge >= 0.3 is 0 Å². The third-order valence-electron chi connectivity index (χ3n) is 5.16. The van der Waals surface area contributed by atoms with E-state index in [9.17, 15) is 4.79 Å². The van der Waals surface area contributed by atoms with E-state index in [1.165, 1.54) is 0 Å². The molecule has 2 saturated heterocycles. The molecule has 25 heavy (non-hydrogen) atoms. The molecule has 3 heterocycles. The second kappa shape index (κ2) is 6.57. The molecular weight excluding hydrogens is 320 g/mol. The zero-order valence-electron chi connectivity index (χ0n) is 14.2. The van der Waals surface area contributed by atoms with Crippen LogP contribution < -0.4 is 10.6 Å². The van der Waals surface area contributed by atoms with Crippen molar-refractivity contribution < 1.29 is 14.1 Å². The summed E-state index contributed by atoms with van der Waals surface area (Å²) in [5, 5.41) is 10.5. The minimum absolute atomic E-state index is 0.0240. The molecule has 2 aliphatic heterocycles. The number of nitrogens with one attached hydrogen (secondary N) is 2. The average molecular weight is 342 g/mol. The Kier molecular flexibility index (Phi) is 4.27. The lowest BCUT2D eigenvalue weighted by Crippen LogP contribution is -2.44. The van der Waals surface area contributed by atoms with Crippen molar-refractivity contribution in [3.05, 3.63) is 30.2 Å². The van der Waals surface area contributed by atoms with E-state index in [1.807, 2.05) is 31.2 Å². The molecule has 2 atom stereocenters. The third kappa shape index (κ3) is 2.94. The number of hydrogen-bond acceptors (Lipinski definition) is 6. The van der Waals surface area contributed by atoms with Crippen LogP contribution >= 0.6 is 0 Å². The highest BCUT2D eigenvalue weighted by Gasteiger charge is 2.50. The Bertz CT molecular complexity index is 775. The van der Waals surface area contributed by atoms with E-state index >= 15 is 0 Å². The molecular formula is C18H22N4O3. The van der Waals surface area contributed by atoms with Gasteiger partial charge in [0.05, 0.1) is 12.0 Å². The Labute approximate surface area is 146 Å². The zero-order valence-corrected chi connectivity index (χ0v) is 14.2. The highest BCUT2D eigenvalue weighted by atomic mass is 16.5. The molecule has 1 aromatic heterocycles. The normalized spacial score (nSPS) is 25.6. The smallest absolute Gasteiger partial charge is 0.237 e. The molecule has 7 nitrogen and oxygen atoms in total. The monoisotopic (exact) mass is 342 g/mol. The third-order valence-corrected chi connectivity index (χ3v) is 5.16. The molecule has 2 N–H and O–H groups in total. The zero-order chi connectivity index (χ0) is 17.3. The van der Waals surface area contributed by atoms with Crippen LogP contribution in [0.3, 0.4) is 0 Å². The SMILES string of the molecule is CCC(=O)Nc1cccc(-c2noc([C@]34CNC[C@H]3CCOC4)n2)c1. The van der Waals surface area contributed by atoms with Crippen molar-refractivity contribution in [1.29, 1.82) is 0 Å². The summed E-state index contributed by atoms with van der Waals surface area (Å²) >= 11 is 0. The number of ether oxygens (including phenoxy) is 1. The van der Waals surface area contributed by atoms with Crippen LogP contribution in [0.5, 0.6) is 0 Å². The van der Waals surface area contributed by atoms with Gasteiger partial charge < -0.3 is 19.9 Å². The van der Waals surface area contributed by atoms with Gasteiger partial charge in [0.1, 0.15) is 0 Å². The fourth-order valence-corrected chi connectivity index (χ4v) is 3.68. The number of benzene rings is 1. The van der Waals surface area contributed by atoms with Crippen LogP contribution in [0.15, 0.2) is 28.8 Å². The topological polar surface area (TPSA) is 89.3 Å². The first-order valence-electron chi connectivity index (χ1n) is 8.74. The molecule has 4 rings (SSSR count). The van der Waals surface area contributed by atoms with Gasteiger partial charge in [0, 0.05) is 30.8 Å². The van der Waals surface area contributed by atoms with Crippen LogP contribution in [0, 0.1) is 5.92 Å². The summed E-state index contributed by atoms with van der Waals surface area (Å²) in [4.78, 5) is 16.2. The minimum Gasteiger partial charge on any atom is -0.380 e. The maximum atomic E-state index is 11.6. The number of rotatable bonds is 4. The van der Waals surface area contributed by atoms with E-state index in [4.69, 9.17) is 9.26 Å². The van der Waals surface area contributed by atoms with Crippen molar-refractivity contribution in [3.8, 4) is 11.4 Å². The summed E-state index contributed by atoms with van der Waals surface area (Å²) in [6.07, 6.45) is 1.44. The van der Waals surface area contributed by atoms with Crippen molar-refractivity contribution >= 4 is 11.6 Å². The van der Waals surface area contributed by atoms with Gasteiger partial charge in [0.25, 0.3) is 0 Å². The van der Waals surface area contributed by atoms with E-state index < -0.39 is 0 Å². The van der Waals surface area contributed by atoms with Crippen LogP contribution in [0.1, 0.15) is 25.7 Å². The molecule has 0 bridgehead atoms. The van der Waals surface area contributed by atoms with Gasteiger partial charge in [0.2, 0.25) is 17.6 Å². The number of fused-ring (bicyclic) bond motifs is 1. The molecule has 2 aliphatic rings. The first kappa shape index (κ1) is 16.2. The number of hydrogen-bond donors (Lipinski definition) is 2. The molecule has 2 fully saturated rings. The Hall–Kier alpha value is -2.25. The van der Waals surface area contributed by atoms with E-state index in [-0.39, 0.29) is 11.3 Å². The van der Waals surface area contributed by atoms with E-state index in [0.29, 0.717) is 30.7 Å². The lowest BCUT2D eigenvalue weighted by atomic mass is 9.75. The summed E-state index contributed by atoms with van der Waals surface area (Å²) < 4.78 is 11.4. The van der Waals surface area contributed by atoms with Crippen LogP contribution in [0.4, 0.5) is 5.69 Å². The number of carbonyl (C=O) groups is 1. The van der Waals surface area contributed by atoms with E-state index in [1.54, 1.807) is 0 Å². The van der Waals surface area contributed by atoms with E-state index in [2.05, 4.69) is 20.8 Å². The van der Waals surface area contributed by atoms with Crippen molar-refractivity contribution in [3.63, 3.8) is 0 Å². The van der Waals surface area contributed by atoms with Crippen LogP contribution in [0.2, 0.25) is 0 Å². The molecule has 7 heteroatoms. The lowest BCUT2D eigenvalue weighted by Gasteiger charge is -2.34. The van der Waals surface area contributed by atoms with Gasteiger partial charge in [-0.3, -0.25) is 4.79 Å². The molecule has 1 amide bonds. The summed E-state index contributed by atoms with van der Waals surface area (Å²) in [6, 6.07) is 7.50. The van der Waals surface area contributed by atoms with E-state index in [0.717, 1.165) is 37.4 Å². The van der Waals surface area contributed by atoms with Gasteiger partial charge in [-0.2, -0.15) is 4.98 Å². The second-order valence-corrected chi connectivity index (χ2v) is 6.73. The first-order chi connectivity index (χ1) is 12.2. The van der Waals surface area contributed by atoms with Gasteiger partial charge in [0.15, 0.2) is 0 Å². The van der Waals surface area contributed by atoms with Gasteiger partial charge in [-0.25, -0.2) is 0 Å². The Morgan fingerprint density at radius 3 is 3.28 bits per heavy atom. The van der Waals surface area contributed by atoms with Crippen LogP contribution in [0.25, 0.3) is 11.4 Å². The van der Waals surface area contributed by atoms with Crippen LogP contribution in [-0.2, 0) is 14.9 Å². The summed E-state index contributed by atoms with van der Waals surface area (Å²) in [5.41, 5.74) is 1.33. The molecule has 2 aromatic rings. The standard InChI is InChI=1S/C18H22N4O3/c1-2-15(23)20-14-5-3-4-12(8-14)16-21-17(25-22-16)18-10-19-9-13(18)6-7-24-11-18/h3-5,8,13,19H,2,6-7,9-11H2,1H3,(H,20,23)/t13-,18+/m1/s1. The molecule has 0 radical (unpaired) electrons. The fraction of sp³-hybridized carbons (Fsp3) is 0.500. The molecule has 1 aromatic carbocycles. The first-order valence-corrected chi connectivity index (χ1v) is 8.74. The quantitative estimate of drug-likeness (QED) is 0.883. The second-order valence-electron chi connectivity index (χ2n) is 6.73. The Balaban J connectivity index is 1.61. The average Bonchev–Trinajstić information content (AvgIpc) is 3.29. The van der Waals surface area contributed by atoms with Crippen molar-refractivity contribution in [2.45, 2.75) is 25.2 Å². The van der Waals surface area contributed by atoms with Crippen molar-refractivity contribution in [1.82, 2.24) is 15.5 Å². The predicted octanol–water partition coefficient (Wildman–Crippen LogP) is 1.96. The van der Waals surface area contributed by atoms with Gasteiger partial charge in [-0.05, 0) is 31.0 Å². The molecule has 0 saturated carbocycles. The summed E-state index contributed by atoms with van der Waals surface area (Å²) in [6.45, 7) is 4.97. The summed E-state index contributed by atoms with van der Waals surface area (Å²) in [7, 11) is 0. The molecule has 0 unspecified atom stereocenters. The largest absolute Gasteiger partial charge is 0.380 e. The highest BCUT2D eigenvalue weighted by Crippen LogP contribution is 2.40. The molecule has 132 valence electrons. The Morgan fingerprint density at radius 2 is 2.40 bits per heavy atom. The molecule has 0 spiro atoms. The minimum atomic E-state index is -0.225. The van der Waals surface area contributed by atoms with Crippen molar-refractivity contribution in [2.75, 3.05) is 31.6 Å². The predicted molar refractivity (Wildman–Crippen MR) is 92.1 cm³/mol. The van der Waals surface area contributed by atoms with Gasteiger partial charge in [-0.15, -0.1) is 0 Å².